The first-order valence-electron chi connectivity index (χ1n) is 9.83. The number of aryl methyl sites for hydroxylation is 1. The van der Waals surface area contributed by atoms with Crippen LogP contribution in [0.15, 0.2) is 53.6 Å². The lowest BCUT2D eigenvalue weighted by Gasteiger charge is -2.14. The van der Waals surface area contributed by atoms with Gasteiger partial charge in [-0.05, 0) is 61.4 Å². The fourth-order valence-corrected chi connectivity index (χ4v) is 4.43. The number of hydrogen-bond acceptors (Lipinski definition) is 7. The van der Waals surface area contributed by atoms with Crippen LogP contribution in [0.3, 0.4) is 0 Å². The molecule has 0 radical (unpaired) electrons. The van der Waals surface area contributed by atoms with Gasteiger partial charge in [0.25, 0.3) is 11.8 Å². The molecule has 2 heterocycles. The van der Waals surface area contributed by atoms with Crippen LogP contribution in [0.1, 0.15) is 18.1 Å². The maximum atomic E-state index is 14.0. The number of carbonyl (C=O) groups excluding carboxylic acids is 1. The number of rotatable bonds is 6. The summed E-state index contributed by atoms with van der Waals surface area (Å²) < 4.78 is 25.7. The normalized spacial score (nSPS) is 14.8. The lowest BCUT2D eigenvalue weighted by atomic mass is 10.1. The minimum Gasteiger partial charge on any atom is -0.490 e. The molecule has 1 amide bonds. The van der Waals surface area contributed by atoms with Gasteiger partial charge in [0.2, 0.25) is 11.1 Å². The number of nitrogens with zero attached hydrogens (tertiary/aromatic N) is 3. The molecular weight excluding hydrogens is 485 g/mol. The molecule has 10 heteroatoms. The Hall–Kier alpha value is -3.01. The third-order valence-corrected chi connectivity index (χ3v) is 6.02. The topological polar surface area (TPSA) is 64.5 Å². The van der Waals surface area contributed by atoms with Crippen molar-refractivity contribution in [1.82, 2.24) is 9.97 Å². The molecule has 1 aliphatic heterocycles. The van der Waals surface area contributed by atoms with Gasteiger partial charge >= 0.3 is 0 Å². The van der Waals surface area contributed by atoms with E-state index in [1.54, 1.807) is 24.3 Å². The first kappa shape index (κ1) is 23.2. The summed E-state index contributed by atoms with van der Waals surface area (Å²) >= 11 is 12.4. The van der Waals surface area contributed by atoms with Crippen LogP contribution in [-0.4, -0.2) is 26.8 Å². The number of ether oxygens (including phenoxy) is 2. The molecule has 0 saturated carbocycles. The Morgan fingerprint density at radius 2 is 1.97 bits per heavy atom. The van der Waals surface area contributed by atoms with E-state index in [4.69, 9.17) is 33.3 Å². The van der Waals surface area contributed by atoms with Crippen LogP contribution < -0.4 is 14.4 Å². The number of thioether (sulfide) groups is 1. The lowest BCUT2D eigenvalue weighted by Crippen LogP contribution is -2.27. The van der Waals surface area contributed by atoms with Crippen molar-refractivity contribution in [3.05, 3.63) is 75.8 Å². The molecule has 1 fully saturated rings. The molecule has 0 atom stereocenters. The van der Waals surface area contributed by atoms with E-state index < -0.39 is 5.82 Å². The number of anilines is 1. The zero-order chi connectivity index (χ0) is 23.5. The highest BCUT2D eigenvalue weighted by Crippen LogP contribution is 2.38. The number of thiocarbonyl (C=S) groups is 1. The highest BCUT2D eigenvalue weighted by Gasteiger charge is 2.33. The fraction of sp³-hybridized carbons (Fsp3) is 0.130. The first-order valence-corrected chi connectivity index (χ1v) is 11.4. The van der Waals surface area contributed by atoms with Crippen LogP contribution >= 0.6 is 35.6 Å². The van der Waals surface area contributed by atoms with Crippen molar-refractivity contribution in [3.8, 4) is 17.4 Å². The number of aromatic nitrogens is 2. The van der Waals surface area contributed by atoms with Gasteiger partial charge in [0.1, 0.15) is 0 Å². The molecule has 33 heavy (non-hydrogen) atoms. The monoisotopic (exact) mass is 501 g/mol. The predicted molar refractivity (Wildman–Crippen MR) is 132 cm³/mol. The summed E-state index contributed by atoms with van der Waals surface area (Å²) in [6.07, 6.45) is 2.65. The average Bonchev–Trinajstić information content (AvgIpc) is 3.06. The van der Waals surface area contributed by atoms with E-state index in [0.717, 1.165) is 17.4 Å². The molecule has 1 aromatic heterocycles. The zero-order valence-electron chi connectivity index (χ0n) is 17.5. The molecule has 3 aromatic rings. The Kier molecular flexibility index (Phi) is 6.92. The fourth-order valence-electron chi connectivity index (χ4n) is 3.01. The maximum absolute atomic E-state index is 14.0. The maximum Gasteiger partial charge on any atom is 0.270 e. The van der Waals surface area contributed by atoms with Crippen molar-refractivity contribution in [3.63, 3.8) is 0 Å². The molecule has 0 bridgehead atoms. The zero-order valence-corrected chi connectivity index (χ0v) is 19.9. The summed E-state index contributed by atoms with van der Waals surface area (Å²) in [7, 11) is 0. The third kappa shape index (κ3) is 5.16. The Balaban J connectivity index is 1.62. The van der Waals surface area contributed by atoms with Crippen LogP contribution in [0.25, 0.3) is 6.08 Å². The summed E-state index contributed by atoms with van der Waals surface area (Å²) in [4.78, 5) is 22.3. The minimum atomic E-state index is -0.759. The van der Waals surface area contributed by atoms with E-state index in [0.29, 0.717) is 27.1 Å². The molecule has 168 valence electrons. The average molecular weight is 502 g/mol. The summed E-state index contributed by atoms with van der Waals surface area (Å²) in [5.41, 5.74) is 2.50. The van der Waals surface area contributed by atoms with Gasteiger partial charge in [-0.15, -0.1) is 0 Å². The van der Waals surface area contributed by atoms with E-state index in [2.05, 4.69) is 9.97 Å². The smallest absolute Gasteiger partial charge is 0.270 e. The molecule has 0 aliphatic carbocycles. The van der Waals surface area contributed by atoms with Gasteiger partial charge in [-0.2, -0.15) is 9.37 Å². The Labute approximate surface area is 204 Å². The van der Waals surface area contributed by atoms with Gasteiger partial charge in [0.05, 0.1) is 23.4 Å². The molecule has 1 saturated heterocycles. The van der Waals surface area contributed by atoms with Crippen LogP contribution in [0.5, 0.6) is 17.4 Å². The lowest BCUT2D eigenvalue weighted by molar-refractivity contribution is -0.113. The quantitative estimate of drug-likeness (QED) is 0.227. The van der Waals surface area contributed by atoms with Gasteiger partial charge in [-0.3, -0.25) is 9.69 Å². The highest BCUT2D eigenvalue weighted by molar-refractivity contribution is 8.27. The summed E-state index contributed by atoms with van der Waals surface area (Å²) in [6.45, 7) is 4.14. The third-order valence-electron chi connectivity index (χ3n) is 4.54. The van der Waals surface area contributed by atoms with E-state index >= 15 is 0 Å². The van der Waals surface area contributed by atoms with E-state index in [-0.39, 0.29) is 22.8 Å². The second-order valence-electron chi connectivity index (χ2n) is 6.89. The number of carbonyl (C=O) groups is 1. The van der Waals surface area contributed by atoms with Crippen molar-refractivity contribution in [2.45, 2.75) is 13.8 Å². The molecule has 0 unspecified atom stereocenters. The number of benzene rings is 2. The molecule has 0 spiro atoms. The van der Waals surface area contributed by atoms with Gasteiger partial charge in [-0.1, -0.05) is 47.7 Å². The number of amides is 1. The second kappa shape index (κ2) is 9.86. The summed E-state index contributed by atoms with van der Waals surface area (Å²) in [6, 6.07) is 12.6. The van der Waals surface area contributed by atoms with Crippen molar-refractivity contribution in [2.75, 3.05) is 11.5 Å². The second-order valence-corrected chi connectivity index (χ2v) is 8.90. The van der Waals surface area contributed by atoms with E-state index in [1.807, 2.05) is 38.1 Å². The molecule has 1 aliphatic rings. The Bertz CT molecular complexity index is 1270. The SMILES string of the molecule is CCOc1cc(/C=C2\SC(=S)N(c3ccc(C)cc3)C2=O)ccc1Oc1nc(Cl)ncc1F. The van der Waals surface area contributed by atoms with Crippen molar-refractivity contribution in [2.24, 2.45) is 0 Å². The van der Waals surface area contributed by atoms with Gasteiger partial charge in [0.15, 0.2) is 15.8 Å². The highest BCUT2D eigenvalue weighted by atomic mass is 35.5. The van der Waals surface area contributed by atoms with Crippen LogP contribution in [-0.2, 0) is 4.79 Å². The molecule has 2 aromatic carbocycles. The van der Waals surface area contributed by atoms with E-state index in [1.165, 1.54) is 16.7 Å². The Morgan fingerprint density at radius 1 is 1.21 bits per heavy atom. The van der Waals surface area contributed by atoms with Crippen molar-refractivity contribution < 1.29 is 18.7 Å². The van der Waals surface area contributed by atoms with Crippen LogP contribution in [0.4, 0.5) is 10.1 Å². The van der Waals surface area contributed by atoms with Crippen molar-refractivity contribution >= 4 is 57.6 Å². The van der Waals surface area contributed by atoms with Gasteiger partial charge in [0, 0.05) is 0 Å². The minimum absolute atomic E-state index is 0.142. The number of halogens is 2. The Morgan fingerprint density at radius 3 is 2.70 bits per heavy atom. The van der Waals surface area contributed by atoms with Crippen molar-refractivity contribution in [1.29, 1.82) is 0 Å². The molecule has 6 nitrogen and oxygen atoms in total. The van der Waals surface area contributed by atoms with Gasteiger partial charge in [-0.25, -0.2) is 4.98 Å². The number of hydrogen-bond donors (Lipinski definition) is 0. The molecule has 0 N–H and O–H groups in total. The standard InChI is InChI=1S/C23H17ClFN3O3S2/c1-3-30-18-10-14(6-9-17(18)31-20-16(25)12-26-22(24)27-20)11-19-21(29)28(23(32)33-19)15-7-4-13(2)5-8-15/h4-12H,3H2,1-2H3/b19-11-. The largest absolute Gasteiger partial charge is 0.490 e. The molecule has 4 rings (SSSR count). The van der Waals surface area contributed by atoms with Crippen LogP contribution in [0, 0.1) is 12.7 Å². The molecular formula is C23H17ClFN3O3S2. The summed E-state index contributed by atoms with van der Waals surface area (Å²) in [5.74, 6) is -0.678. The van der Waals surface area contributed by atoms with Crippen LogP contribution in [0.2, 0.25) is 5.28 Å². The first-order chi connectivity index (χ1) is 15.9. The van der Waals surface area contributed by atoms with Gasteiger partial charge < -0.3 is 9.47 Å². The predicted octanol–water partition coefficient (Wildman–Crippen LogP) is 6.17. The summed E-state index contributed by atoms with van der Waals surface area (Å²) in [5, 5.41) is -0.142. The van der Waals surface area contributed by atoms with E-state index in [9.17, 15) is 9.18 Å².